The molecule has 1 saturated carbocycles. The van der Waals surface area contributed by atoms with Crippen molar-refractivity contribution in [2.45, 2.75) is 32.1 Å². The Morgan fingerprint density at radius 2 is 2.11 bits per heavy atom. The molecule has 1 aromatic rings. The standard InChI is InChI=1S/C14H17IN2O/c15-12-7-11(9-16)8-13(17)14(12)18-6-5-10-3-1-2-4-10/h7-8,10H,1-6,17H2. The van der Waals surface area contributed by atoms with E-state index in [1.54, 1.807) is 6.07 Å². The van der Waals surface area contributed by atoms with E-state index >= 15 is 0 Å². The first-order valence-electron chi connectivity index (χ1n) is 6.32. The highest BCUT2D eigenvalue weighted by atomic mass is 127. The van der Waals surface area contributed by atoms with Crippen LogP contribution >= 0.6 is 22.6 Å². The number of hydrogen-bond donors (Lipinski definition) is 1. The van der Waals surface area contributed by atoms with Crippen LogP contribution in [0.1, 0.15) is 37.7 Å². The first kappa shape index (κ1) is 13.5. The van der Waals surface area contributed by atoms with Gasteiger partial charge in [0.05, 0.1) is 27.5 Å². The summed E-state index contributed by atoms with van der Waals surface area (Å²) in [6.45, 7) is 0.719. The Hall–Kier alpha value is -0.960. The Bertz CT molecular complexity index is 438. The highest BCUT2D eigenvalue weighted by molar-refractivity contribution is 14.1. The summed E-state index contributed by atoms with van der Waals surface area (Å²) >= 11 is 2.17. The van der Waals surface area contributed by atoms with E-state index in [0.717, 1.165) is 28.3 Å². The van der Waals surface area contributed by atoms with Crippen molar-refractivity contribution in [1.82, 2.24) is 0 Å². The van der Waals surface area contributed by atoms with E-state index in [-0.39, 0.29) is 0 Å². The van der Waals surface area contributed by atoms with Gasteiger partial charge in [0.25, 0.3) is 0 Å². The molecule has 1 aliphatic rings. The third kappa shape index (κ3) is 3.29. The zero-order chi connectivity index (χ0) is 13.0. The van der Waals surface area contributed by atoms with Crippen LogP contribution in [0.15, 0.2) is 12.1 Å². The summed E-state index contributed by atoms with van der Waals surface area (Å²) < 4.78 is 6.70. The van der Waals surface area contributed by atoms with Crippen LogP contribution < -0.4 is 10.5 Å². The van der Waals surface area contributed by atoms with E-state index in [4.69, 9.17) is 15.7 Å². The zero-order valence-corrected chi connectivity index (χ0v) is 12.4. The average Bonchev–Trinajstić information content (AvgIpc) is 2.85. The van der Waals surface area contributed by atoms with Crippen LogP contribution in [0.2, 0.25) is 0 Å². The van der Waals surface area contributed by atoms with Crippen molar-refractivity contribution in [2.24, 2.45) is 5.92 Å². The van der Waals surface area contributed by atoms with Gasteiger partial charge in [0, 0.05) is 0 Å². The number of ether oxygens (including phenoxy) is 1. The summed E-state index contributed by atoms with van der Waals surface area (Å²) in [5, 5.41) is 8.85. The number of rotatable bonds is 4. The average molecular weight is 356 g/mol. The van der Waals surface area contributed by atoms with Crippen LogP contribution in [0, 0.1) is 20.8 Å². The molecule has 0 aliphatic heterocycles. The van der Waals surface area contributed by atoms with Crippen molar-refractivity contribution >= 4 is 28.3 Å². The second kappa shape index (κ2) is 6.28. The van der Waals surface area contributed by atoms with Crippen molar-refractivity contribution in [2.75, 3.05) is 12.3 Å². The van der Waals surface area contributed by atoms with Crippen molar-refractivity contribution < 1.29 is 4.74 Å². The molecular formula is C14H17IN2O. The van der Waals surface area contributed by atoms with Gasteiger partial charge in [0.1, 0.15) is 0 Å². The summed E-state index contributed by atoms with van der Waals surface area (Å²) in [6.07, 6.45) is 6.50. The third-order valence-corrected chi connectivity index (χ3v) is 4.25. The van der Waals surface area contributed by atoms with Crippen LogP contribution in [0.5, 0.6) is 5.75 Å². The summed E-state index contributed by atoms with van der Waals surface area (Å²) in [4.78, 5) is 0. The Morgan fingerprint density at radius 1 is 1.39 bits per heavy atom. The molecule has 0 spiro atoms. The van der Waals surface area contributed by atoms with E-state index in [2.05, 4.69) is 28.7 Å². The maximum absolute atomic E-state index is 8.85. The fourth-order valence-corrected chi connectivity index (χ4v) is 3.26. The summed E-state index contributed by atoms with van der Waals surface area (Å²) in [5.74, 6) is 1.55. The molecule has 2 rings (SSSR count). The smallest absolute Gasteiger partial charge is 0.155 e. The Morgan fingerprint density at radius 3 is 2.72 bits per heavy atom. The fourth-order valence-electron chi connectivity index (χ4n) is 2.46. The molecule has 1 aliphatic carbocycles. The van der Waals surface area contributed by atoms with Crippen LogP contribution in [0.25, 0.3) is 0 Å². The number of nitrogen functional groups attached to an aromatic ring is 1. The molecule has 4 heteroatoms. The van der Waals surface area contributed by atoms with Gasteiger partial charge >= 0.3 is 0 Å². The van der Waals surface area contributed by atoms with Crippen LogP contribution in [0.3, 0.4) is 0 Å². The van der Waals surface area contributed by atoms with E-state index in [1.807, 2.05) is 6.07 Å². The lowest BCUT2D eigenvalue weighted by atomic mass is 10.1. The molecule has 0 atom stereocenters. The molecule has 3 nitrogen and oxygen atoms in total. The second-order valence-corrected chi connectivity index (χ2v) is 5.94. The molecule has 0 heterocycles. The monoisotopic (exact) mass is 356 g/mol. The molecule has 0 radical (unpaired) electrons. The second-order valence-electron chi connectivity index (χ2n) is 4.78. The summed E-state index contributed by atoms with van der Waals surface area (Å²) in [6, 6.07) is 5.58. The van der Waals surface area contributed by atoms with Gasteiger partial charge in [-0.1, -0.05) is 25.7 Å². The SMILES string of the molecule is N#Cc1cc(N)c(OCCC2CCCC2)c(I)c1. The number of hydrogen-bond acceptors (Lipinski definition) is 3. The van der Waals surface area contributed by atoms with E-state index in [0.29, 0.717) is 11.3 Å². The van der Waals surface area contributed by atoms with Crippen molar-refractivity contribution in [3.8, 4) is 11.8 Å². The topological polar surface area (TPSA) is 59.0 Å². The molecule has 0 saturated heterocycles. The number of benzene rings is 1. The van der Waals surface area contributed by atoms with Crippen molar-refractivity contribution in [3.05, 3.63) is 21.3 Å². The van der Waals surface area contributed by atoms with Crippen molar-refractivity contribution in [3.63, 3.8) is 0 Å². The van der Waals surface area contributed by atoms with Gasteiger partial charge in [0.15, 0.2) is 5.75 Å². The predicted octanol–water partition coefficient (Wildman–Crippen LogP) is 3.70. The summed E-state index contributed by atoms with van der Waals surface area (Å²) in [7, 11) is 0. The van der Waals surface area contributed by atoms with Crippen LogP contribution in [-0.2, 0) is 0 Å². The lowest BCUT2D eigenvalue weighted by Gasteiger charge is -2.13. The summed E-state index contributed by atoms with van der Waals surface area (Å²) in [5.41, 5.74) is 7.05. The molecule has 0 aromatic heterocycles. The minimum absolute atomic E-state index is 0.560. The molecule has 1 fully saturated rings. The largest absolute Gasteiger partial charge is 0.490 e. The molecule has 0 amide bonds. The van der Waals surface area contributed by atoms with E-state index < -0.39 is 0 Å². The minimum Gasteiger partial charge on any atom is -0.490 e. The fraction of sp³-hybridized carbons (Fsp3) is 0.500. The molecule has 0 unspecified atom stereocenters. The number of nitriles is 1. The first-order valence-corrected chi connectivity index (χ1v) is 7.40. The Kier molecular flexibility index (Phi) is 4.70. The molecule has 18 heavy (non-hydrogen) atoms. The highest BCUT2D eigenvalue weighted by Crippen LogP contribution is 2.31. The highest BCUT2D eigenvalue weighted by Gasteiger charge is 2.15. The number of nitrogens with zero attached hydrogens (tertiary/aromatic N) is 1. The van der Waals surface area contributed by atoms with Gasteiger partial charge in [-0.3, -0.25) is 0 Å². The first-order chi connectivity index (χ1) is 8.70. The van der Waals surface area contributed by atoms with Crippen LogP contribution in [-0.4, -0.2) is 6.61 Å². The van der Waals surface area contributed by atoms with Gasteiger partial charge in [0.2, 0.25) is 0 Å². The molecule has 0 bridgehead atoms. The minimum atomic E-state index is 0.560. The maximum Gasteiger partial charge on any atom is 0.155 e. The quantitative estimate of drug-likeness (QED) is 0.661. The number of anilines is 1. The molecular weight excluding hydrogens is 339 g/mol. The number of nitrogens with two attached hydrogens (primary N) is 1. The van der Waals surface area contributed by atoms with Gasteiger partial charge in [-0.2, -0.15) is 5.26 Å². The van der Waals surface area contributed by atoms with E-state index in [1.165, 1.54) is 25.7 Å². The predicted molar refractivity (Wildman–Crippen MR) is 80.4 cm³/mol. The van der Waals surface area contributed by atoms with Gasteiger partial charge in [-0.25, -0.2) is 0 Å². The van der Waals surface area contributed by atoms with Gasteiger partial charge < -0.3 is 10.5 Å². The normalized spacial score (nSPS) is 15.6. The Balaban J connectivity index is 1.94. The lowest BCUT2D eigenvalue weighted by molar-refractivity contribution is 0.279. The van der Waals surface area contributed by atoms with Crippen molar-refractivity contribution in [1.29, 1.82) is 5.26 Å². The molecule has 96 valence electrons. The Labute approximate surface area is 121 Å². The molecule has 1 aromatic carbocycles. The van der Waals surface area contributed by atoms with Gasteiger partial charge in [-0.15, -0.1) is 0 Å². The third-order valence-electron chi connectivity index (χ3n) is 3.45. The zero-order valence-electron chi connectivity index (χ0n) is 10.3. The number of halogens is 1. The molecule has 2 N–H and O–H groups in total. The van der Waals surface area contributed by atoms with E-state index in [9.17, 15) is 0 Å². The van der Waals surface area contributed by atoms with Crippen LogP contribution in [0.4, 0.5) is 5.69 Å². The maximum atomic E-state index is 8.85. The lowest BCUT2D eigenvalue weighted by Crippen LogP contribution is -2.06. The van der Waals surface area contributed by atoms with Gasteiger partial charge in [-0.05, 0) is 47.1 Å².